The van der Waals surface area contributed by atoms with E-state index in [-0.39, 0.29) is 11.9 Å². The number of amides is 1. The molecule has 0 bridgehead atoms. The standard InChI is InChI=1S/C16H19NO3S/c1-10-7-13(9-21-10)16(18)17-11(2)12-5-6-14(19-3)15(8-12)20-4/h5-9,11H,1-4H3,(H,17,18)/t11-/m0/s1. The summed E-state index contributed by atoms with van der Waals surface area (Å²) in [7, 11) is 3.20. The fourth-order valence-electron chi connectivity index (χ4n) is 2.05. The van der Waals surface area contributed by atoms with Gasteiger partial charge < -0.3 is 14.8 Å². The molecular formula is C16H19NO3S. The summed E-state index contributed by atoms with van der Waals surface area (Å²) >= 11 is 1.57. The van der Waals surface area contributed by atoms with Gasteiger partial charge in [0.2, 0.25) is 0 Å². The number of benzene rings is 1. The molecule has 5 heteroatoms. The lowest BCUT2D eigenvalue weighted by molar-refractivity contribution is 0.0940. The van der Waals surface area contributed by atoms with Crippen LogP contribution in [0, 0.1) is 6.92 Å². The Morgan fingerprint density at radius 1 is 1.19 bits per heavy atom. The minimum atomic E-state index is -0.113. The summed E-state index contributed by atoms with van der Waals surface area (Å²) in [4.78, 5) is 13.3. The van der Waals surface area contributed by atoms with E-state index in [1.165, 1.54) is 0 Å². The van der Waals surface area contributed by atoms with E-state index in [0.29, 0.717) is 17.1 Å². The monoisotopic (exact) mass is 305 g/mol. The van der Waals surface area contributed by atoms with Crippen molar-refractivity contribution in [2.45, 2.75) is 19.9 Å². The van der Waals surface area contributed by atoms with Gasteiger partial charge in [-0.3, -0.25) is 4.79 Å². The zero-order chi connectivity index (χ0) is 15.4. The largest absolute Gasteiger partial charge is 0.493 e. The number of nitrogens with one attached hydrogen (secondary N) is 1. The lowest BCUT2D eigenvalue weighted by Gasteiger charge is -2.16. The molecule has 2 aromatic rings. The fourth-order valence-corrected chi connectivity index (χ4v) is 2.73. The van der Waals surface area contributed by atoms with Gasteiger partial charge in [0.15, 0.2) is 11.5 Å². The van der Waals surface area contributed by atoms with Crippen LogP contribution < -0.4 is 14.8 Å². The van der Waals surface area contributed by atoms with E-state index in [1.54, 1.807) is 25.6 Å². The quantitative estimate of drug-likeness (QED) is 0.918. The molecule has 0 radical (unpaired) electrons. The van der Waals surface area contributed by atoms with Crippen molar-refractivity contribution in [3.8, 4) is 11.5 Å². The Hall–Kier alpha value is -2.01. The molecule has 21 heavy (non-hydrogen) atoms. The number of rotatable bonds is 5. The highest BCUT2D eigenvalue weighted by Crippen LogP contribution is 2.30. The third-order valence-electron chi connectivity index (χ3n) is 3.25. The van der Waals surface area contributed by atoms with Crippen LogP contribution in [-0.4, -0.2) is 20.1 Å². The number of hydrogen-bond acceptors (Lipinski definition) is 4. The zero-order valence-corrected chi connectivity index (χ0v) is 13.4. The average Bonchev–Trinajstić information content (AvgIpc) is 2.93. The van der Waals surface area contributed by atoms with Crippen molar-refractivity contribution in [3.05, 3.63) is 45.6 Å². The Bertz CT molecular complexity index is 636. The predicted molar refractivity (Wildman–Crippen MR) is 84.5 cm³/mol. The molecule has 0 aliphatic carbocycles. The molecule has 1 amide bonds. The maximum atomic E-state index is 12.2. The maximum Gasteiger partial charge on any atom is 0.252 e. The van der Waals surface area contributed by atoms with Crippen molar-refractivity contribution in [2.75, 3.05) is 14.2 Å². The van der Waals surface area contributed by atoms with Crippen LogP contribution in [0.3, 0.4) is 0 Å². The van der Waals surface area contributed by atoms with Gasteiger partial charge in [0.05, 0.1) is 25.8 Å². The normalized spacial score (nSPS) is 11.8. The molecule has 112 valence electrons. The predicted octanol–water partition coefficient (Wildman–Crippen LogP) is 3.56. The smallest absolute Gasteiger partial charge is 0.252 e. The molecular weight excluding hydrogens is 286 g/mol. The molecule has 0 fully saturated rings. The van der Waals surface area contributed by atoms with Crippen molar-refractivity contribution in [1.29, 1.82) is 0 Å². The van der Waals surface area contributed by atoms with Crippen LogP contribution in [0.1, 0.15) is 33.8 Å². The van der Waals surface area contributed by atoms with Crippen molar-refractivity contribution in [3.63, 3.8) is 0 Å². The van der Waals surface area contributed by atoms with Gasteiger partial charge in [0.25, 0.3) is 5.91 Å². The molecule has 0 unspecified atom stereocenters. The summed E-state index contributed by atoms with van der Waals surface area (Å²) in [5, 5.41) is 4.85. The van der Waals surface area contributed by atoms with Crippen LogP contribution >= 0.6 is 11.3 Å². The third kappa shape index (κ3) is 3.55. The molecule has 0 aliphatic heterocycles. The highest BCUT2D eigenvalue weighted by molar-refractivity contribution is 7.10. The Morgan fingerprint density at radius 2 is 1.90 bits per heavy atom. The maximum absolute atomic E-state index is 12.2. The average molecular weight is 305 g/mol. The van der Waals surface area contributed by atoms with E-state index in [1.807, 2.05) is 43.5 Å². The first kappa shape index (κ1) is 15.4. The molecule has 0 saturated heterocycles. The van der Waals surface area contributed by atoms with E-state index in [0.717, 1.165) is 10.4 Å². The van der Waals surface area contributed by atoms with Crippen LogP contribution in [0.4, 0.5) is 0 Å². The molecule has 1 heterocycles. The number of carbonyl (C=O) groups is 1. The van der Waals surface area contributed by atoms with E-state index >= 15 is 0 Å². The van der Waals surface area contributed by atoms with Crippen LogP contribution in [-0.2, 0) is 0 Å². The highest BCUT2D eigenvalue weighted by Gasteiger charge is 2.14. The molecule has 1 atom stereocenters. The summed E-state index contributed by atoms with van der Waals surface area (Å²) in [6, 6.07) is 7.42. The molecule has 0 spiro atoms. The summed E-state index contributed by atoms with van der Waals surface area (Å²) in [6.07, 6.45) is 0. The van der Waals surface area contributed by atoms with Gasteiger partial charge in [0, 0.05) is 10.3 Å². The summed E-state index contributed by atoms with van der Waals surface area (Å²) in [5.41, 5.74) is 1.66. The van der Waals surface area contributed by atoms with Crippen LogP contribution in [0.5, 0.6) is 11.5 Å². The minimum Gasteiger partial charge on any atom is -0.493 e. The van der Waals surface area contributed by atoms with E-state index in [4.69, 9.17) is 9.47 Å². The van der Waals surface area contributed by atoms with Gasteiger partial charge in [-0.05, 0) is 37.6 Å². The third-order valence-corrected chi connectivity index (χ3v) is 4.11. The van der Waals surface area contributed by atoms with E-state index in [9.17, 15) is 4.79 Å². The highest BCUT2D eigenvalue weighted by atomic mass is 32.1. The Labute approximate surface area is 128 Å². The summed E-state index contributed by atoms with van der Waals surface area (Å²) in [6.45, 7) is 3.93. The second-order valence-corrected chi connectivity index (χ2v) is 5.87. The fraction of sp³-hybridized carbons (Fsp3) is 0.312. The van der Waals surface area contributed by atoms with E-state index in [2.05, 4.69) is 5.32 Å². The lowest BCUT2D eigenvalue weighted by atomic mass is 10.1. The van der Waals surface area contributed by atoms with Gasteiger partial charge in [0.1, 0.15) is 0 Å². The van der Waals surface area contributed by atoms with Gasteiger partial charge >= 0.3 is 0 Å². The number of methoxy groups -OCH3 is 2. The Kier molecular flexibility index (Phi) is 4.85. The first-order chi connectivity index (χ1) is 10.0. The first-order valence-electron chi connectivity index (χ1n) is 6.63. The second kappa shape index (κ2) is 6.63. The summed E-state index contributed by atoms with van der Waals surface area (Å²) < 4.78 is 10.5. The Balaban J connectivity index is 2.13. The summed E-state index contributed by atoms with van der Waals surface area (Å²) in [5.74, 6) is 1.26. The van der Waals surface area contributed by atoms with Gasteiger partial charge in [-0.15, -0.1) is 11.3 Å². The van der Waals surface area contributed by atoms with Crippen molar-refractivity contribution >= 4 is 17.2 Å². The topological polar surface area (TPSA) is 47.6 Å². The molecule has 0 saturated carbocycles. The number of carbonyl (C=O) groups excluding carboxylic acids is 1. The van der Waals surface area contributed by atoms with E-state index < -0.39 is 0 Å². The molecule has 0 aliphatic rings. The molecule has 4 nitrogen and oxygen atoms in total. The molecule has 1 N–H and O–H groups in total. The van der Waals surface area contributed by atoms with Crippen LogP contribution in [0.2, 0.25) is 0 Å². The van der Waals surface area contributed by atoms with Gasteiger partial charge in [-0.25, -0.2) is 0 Å². The molecule has 1 aromatic carbocycles. The SMILES string of the molecule is COc1ccc([C@H](C)NC(=O)c2csc(C)c2)cc1OC. The molecule has 1 aromatic heterocycles. The second-order valence-electron chi connectivity index (χ2n) is 4.76. The molecule has 2 rings (SSSR count). The Morgan fingerprint density at radius 3 is 2.48 bits per heavy atom. The van der Waals surface area contributed by atoms with Crippen LogP contribution in [0.25, 0.3) is 0 Å². The number of hydrogen-bond donors (Lipinski definition) is 1. The van der Waals surface area contributed by atoms with Crippen molar-refractivity contribution in [1.82, 2.24) is 5.32 Å². The van der Waals surface area contributed by atoms with Gasteiger partial charge in [-0.2, -0.15) is 0 Å². The zero-order valence-electron chi connectivity index (χ0n) is 12.6. The van der Waals surface area contributed by atoms with Crippen LogP contribution in [0.15, 0.2) is 29.6 Å². The first-order valence-corrected chi connectivity index (χ1v) is 7.51. The van der Waals surface area contributed by atoms with Crippen molar-refractivity contribution < 1.29 is 14.3 Å². The van der Waals surface area contributed by atoms with Crippen molar-refractivity contribution in [2.24, 2.45) is 0 Å². The number of ether oxygens (including phenoxy) is 2. The number of aryl methyl sites for hydroxylation is 1. The number of thiophene rings is 1. The lowest BCUT2D eigenvalue weighted by Crippen LogP contribution is -2.26. The van der Waals surface area contributed by atoms with Gasteiger partial charge in [-0.1, -0.05) is 6.07 Å². The minimum absolute atomic E-state index is 0.0679.